The van der Waals surface area contributed by atoms with Crippen LogP contribution in [-0.4, -0.2) is 60.7 Å². The fourth-order valence-corrected chi connectivity index (χ4v) is 2.88. The summed E-state index contributed by atoms with van der Waals surface area (Å²) in [6.07, 6.45) is 0.0435. The number of hydrogen-bond acceptors (Lipinski definition) is 6. The third-order valence-corrected chi connectivity index (χ3v) is 4.59. The fraction of sp³-hybridized carbons (Fsp3) is 0.611. The van der Waals surface area contributed by atoms with E-state index in [2.05, 4.69) is 26.2 Å². The summed E-state index contributed by atoms with van der Waals surface area (Å²) >= 11 is 8.71. The van der Waals surface area contributed by atoms with Crippen LogP contribution in [0, 0.1) is 5.82 Å². The Labute approximate surface area is 178 Å². The van der Waals surface area contributed by atoms with Crippen LogP contribution >= 0.6 is 27.5 Å². The zero-order valence-electron chi connectivity index (χ0n) is 16.6. The van der Waals surface area contributed by atoms with Crippen LogP contribution in [0.2, 0.25) is 5.15 Å². The highest BCUT2D eigenvalue weighted by Gasteiger charge is 2.23. The number of carbonyl (C=O) groups excluding carboxylic acids is 2. The smallest absolute Gasteiger partial charge is 0.410 e. The maximum Gasteiger partial charge on any atom is 0.410 e. The fourth-order valence-electron chi connectivity index (χ4n) is 2.15. The van der Waals surface area contributed by atoms with Crippen LogP contribution in [0.15, 0.2) is 4.47 Å². The van der Waals surface area contributed by atoms with Crippen molar-refractivity contribution in [2.24, 2.45) is 0 Å². The molecule has 0 aliphatic carbocycles. The van der Waals surface area contributed by atoms with Crippen LogP contribution in [0.5, 0.6) is 5.88 Å². The highest BCUT2D eigenvalue weighted by molar-refractivity contribution is 9.10. The van der Waals surface area contributed by atoms with Crippen molar-refractivity contribution < 1.29 is 23.5 Å². The van der Waals surface area contributed by atoms with Gasteiger partial charge >= 0.3 is 6.09 Å². The van der Waals surface area contributed by atoms with E-state index in [-0.39, 0.29) is 15.9 Å². The number of aromatic nitrogens is 1. The molecular formula is C18H26BrClFN3O4. The molecule has 0 radical (unpaired) electrons. The van der Waals surface area contributed by atoms with Gasteiger partial charge in [-0.3, -0.25) is 4.79 Å². The molecule has 1 heterocycles. The Hall–Kier alpha value is -1.45. The van der Waals surface area contributed by atoms with Crippen LogP contribution in [-0.2, 0) is 4.74 Å². The number of aldehydes is 1. The van der Waals surface area contributed by atoms with E-state index in [1.807, 2.05) is 0 Å². The lowest BCUT2D eigenvalue weighted by molar-refractivity contribution is 0.0233. The van der Waals surface area contributed by atoms with Gasteiger partial charge in [-0.25, -0.2) is 9.18 Å². The number of ether oxygens (including phenoxy) is 2. The SMILES string of the molecule is CNCCN(CCC(C)Oc1nc(Cl)c(F)c(Br)c1C=O)C(=O)OC(C)(C)C. The van der Waals surface area contributed by atoms with E-state index in [1.54, 1.807) is 39.6 Å². The topological polar surface area (TPSA) is 80.8 Å². The molecule has 28 heavy (non-hydrogen) atoms. The minimum atomic E-state index is -0.827. The van der Waals surface area contributed by atoms with Crippen molar-refractivity contribution >= 4 is 39.9 Å². The van der Waals surface area contributed by atoms with E-state index >= 15 is 0 Å². The minimum absolute atomic E-state index is 0.0621. The van der Waals surface area contributed by atoms with Gasteiger partial charge in [0, 0.05) is 26.1 Å². The van der Waals surface area contributed by atoms with Gasteiger partial charge in [0.25, 0.3) is 0 Å². The summed E-state index contributed by atoms with van der Waals surface area (Å²) in [5, 5.41) is 2.59. The summed E-state index contributed by atoms with van der Waals surface area (Å²) in [4.78, 5) is 29.0. The first kappa shape index (κ1) is 24.6. The number of amides is 1. The predicted octanol–water partition coefficient (Wildman–Crippen LogP) is 4.06. The molecule has 0 aromatic carbocycles. The Bertz CT molecular complexity index is 700. The number of rotatable bonds is 9. The Balaban J connectivity index is 2.81. The molecule has 0 bridgehead atoms. The summed E-state index contributed by atoms with van der Waals surface area (Å²) in [6.45, 7) is 8.59. The number of halogens is 3. The van der Waals surface area contributed by atoms with Crippen molar-refractivity contribution in [2.75, 3.05) is 26.7 Å². The molecular weight excluding hydrogens is 457 g/mol. The number of likely N-dealkylation sites (N-methyl/N-ethyl adjacent to an activating group) is 1. The highest BCUT2D eigenvalue weighted by Crippen LogP contribution is 2.31. The molecule has 0 aliphatic heterocycles. The molecule has 1 atom stereocenters. The Morgan fingerprint density at radius 3 is 2.61 bits per heavy atom. The van der Waals surface area contributed by atoms with E-state index in [0.717, 1.165) is 0 Å². The number of nitrogens with one attached hydrogen (secondary N) is 1. The zero-order valence-corrected chi connectivity index (χ0v) is 19.0. The largest absolute Gasteiger partial charge is 0.474 e. The first-order chi connectivity index (χ1) is 13.0. The van der Waals surface area contributed by atoms with Gasteiger partial charge in [0.1, 0.15) is 5.60 Å². The van der Waals surface area contributed by atoms with Gasteiger partial charge < -0.3 is 19.7 Å². The van der Waals surface area contributed by atoms with Gasteiger partial charge in [-0.2, -0.15) is 4.98 Å². The Kier molecular flexibility index (Phi) is 9.59. The van der Waals surface area contributed by atoms with Crippen molar-refractivity contribution in [3.8, 4) is 5.88 Å². The first-order valence-electron chi connectivity index (χ1n) is 8.79. The third-order valence-electron chi connectivity index (χ3n) is 3.56. The number of hydrogen-bond donors (Lipinski definition) is 1. The summed E-state index contributed by atoms with van der Waals surface area (Å²) in [5.74, 6) is -0.897. The maximum atomic E-state index is 13.8. The molecule has 7 nitrogen and oxygen atoms in total. The number of nitrogens with zero attached hydrogens (tertiary/aromatic N) is 2. The number of carbonyl (C=O) groups is 2. The molecule has 158 valence electrons. The van der Waals surface area contributed by atoms with Crippen molar-refractivity contribution in [1.82, 2.24) is 15.2 Å². The van der Waals surface area contributed by atoms with E-state index in [4.69, 9.17) is 21.1 Å². The van der Waals surface area contributed by atoms with Crippen molar-refractivity contribution in [3.05, 3.63) is 21.0 Å². The molecule has 0 saturated carbocycles. The van der Waals surface area contributed by atoms with Crippen LogP contribution in [0.25, 0.3) is 0 Å². The Morgan fingerprint density at radius 2 is 2.07 bits per heavy atom. The summed E-state index contributed by atoms with van der Waals surface area (Å²) in [7, 11) is 1.79. The molecule has 0 fully saturated rings. The number of pyridine rings is 1. The standard InChI is InChI=1S/C18H26BrClFN3O4/c1-11(27-16-12(10-25)13(19)14(21)15(20)23-16)6-8-24(9-7-22-5)17(26)28-18(2,3)4/h10-11,22H,6-9H2,1-5H3. The molecule has 1 N–H and O–H groups in total. The molecule has 1 aromatic heterocycles. The lowest BCUT2D eigenvalue weighted by Gasteiger charge is -2.28. The second-order valence-electron chi connectivity index (χ2n) is 7.16. The van der Waals surface area contributed by atoms with Gasteiger partial charge in [0.05, 0.1) is 16.1 Å². The van der Waals surface area contributed by atoms with Crippen molar-refractivity contribution in [1.29, 1.82) is 0 Å². The zero-order chi connectivity index (χ0) is 21.5. The second-order valence-corrected chi connectivity index (χ2v) is 8.31. The van der Waals surface area contributed by atoms with E-state index in [0.29, 0.717) is 32.3 Å². The monoisotopic (exact) mass is 481 g/mol. The quantitative estimate of drug-likeness (QED) is 0.422. The van der Waals surface area contributed by atoms with E-state index < -0.39 is 28.8 Å². The van der Waals surface area contributed by atoms with Gasteiger partial charge in [0.2, 0.25) is 5.88 Å². The van der Waals surface area contributed by atoms with Gasteiger partial charge in [-0.1, -0.05) is 11.6 Å². The van der Waals surface area contributed by atoms with Gasteiger partial charge in [-0.15, -0.1) is 0 Å². The molecule has 0 spiro atoms. The first-order valence-corrected chi connectivity index (χ1v) is 9.96. The van der Waals surface area contributed by atoms with Crippen LogP contribution in [0.4, 0.5) is 9.18 Å². The molecule has 1 amide bonds. The van der Waals surface area contributed by atoms with E-state index in [9.17, 15) is 14.0 Å². The second kappa shape index (κ2) is 10.9. The Morgan fingerprint density at radius 1 is 1.43 bits per heavy atom. The third kappa shape index (κ3) is 7.52. The molecule has 10 heteroatoms. The van der Waals surface area contributed by atoms with Gasteiger partial charge in [0.15, 0.2) is 17.3 Å². The molecule has 1 rings (SSSR count). The maximum absolute atomic E-state index is 13.8. The normalized spacial score (nSPS) is 12.4. The van der Waals surface area contributed by atoms with Crippen LogP contribution < -0.4 is 10.1 Å². The minimum Gasteiger partial charge on any atom is -0.474 e. The molecule has 1 unspecified atom stereocenters. The average Bonchev–Trinajstić information content (AvgIpc) is 2.58. The van der Waals surface area contributed by atoms with E-state index in [1.165, 1.54) is 0 Å². The van der Waals surface area contributed by atoms with Crippen molar-refractivity contribution in [3.63, 3.8) is 0 Å². The molecule has 1 aromatic rings. The van der Waals surface area contributed by atoms with Gasteiger partial charge in [-0.05, 0) is 50.7 Å². The molecule has 0 aliphatic rings. The highest BCUT2D eigenvalue weighted by atomic mass is 79.9. The van der Waals surface area contributed by atoms with Crippen molar-refractivity contribution in [2.45, 2.75) is 45.8 Å². The summed E-state index contributed by atoms with van der Waals surface area (Å²) in [5.41, 5.74) is -0.662. The predicted molar refractivity (Wildman–Crippen MR) is 109 cm³/mol. The average molecular weight is 483 g/mol. The summed E-state index contributed by atoms with van der Waals surface area (Å²) < 4.78 is 24.8. The van der Waals surface area contributed by atoms with Crippen LogP contribution in [0.3, 0.4) is 0 Å². The summed E-state index contributed by atoms with van der Waals surface area (Å²) in [6, 6.07) is 0. The lowest BCUT2D eigenvalue weighted by atomic mass is 10.2. The van der Waals surface area contributed by atoms with Crippen LogP contribution in [0.1, 0.15) is 44.5 Å². The lowest BCUT2D eigenvalue weighted by Crippen LogP contribution is -2.41. The molecule has 0 saturated heterocycles.